The van der Waals surface area contributed by atoms with Gasteiger partial charge in [-0.3, -0.25) is 0 Å². The molecule has 140 valence electrons. The van der Waals surface area contributed by atoms with Gasteiger partial charge in [0, 0.05) is 53.7 Å². The molecule has 0 radical (unpaired) electrons. The topological polar surface area (TPSA) is 76.8 Å². The zero-order valence-corrected chi connectivity index (χ0v) is 15.6. The van der Waals surface area contributed by atoms with Gasteiger partial charge in [-0.25, -0.2) is 9.97 Å². The highest BCUT2D eigenvalue weighted by atomic mass is 16.5. The molecule has 0 unspecified atom stereocenters. The molecule has 1 saturated heterocycles. The van der Waals surface area contributed by atoms with Gasteiger partial charge in [0.2, 0.25) is 5.95 Å². The number of fused-ring (bicyclic) bond motifs is 1. The Balaban J connectivity index is 1.59. The Bertz CT molecular complexity index is 1090. The molecule has 2 aromatic carbocycles. The van der Waals surface area contributed by atoms with Crippen molar-refractivity contribution >= 4 is 16.9 Å². The molecule has 3 N–H and O–H groups in total. The van der Waals surface area contributed by atoms with Crippen molar-refractivity contribution in [3.63, 3.8) is 0 Å². The van der Waals surface area contributed by atoms with Crippen molar-refractivity contribution in [1.82, 2.24) is 15.0 Å². The third-order valence-electron chi connectivity index (χ3n) is 5.89. The maximum absolute atomic E-state index is 5.72. The van der Waals surface area contributed by atoms with Gasteiger partial charge in [0.25, 0.3) is 0 Å². The van der Waals surface area contributed by atoms with Crippen LogP contribution in [-0.2, 0) is 10.2 Å². The van der Waals surface area contributed by atoms with Crippen molar-refractivity contribution in [2.45, 2.75) is 18.3 Å². The second-order valence-corrected chi connectivity index (χ2v) is 7.35. The highest BCUT2D eigenvalue weighted by Crippen LogP contribution is 2.44. The van der Waals surface area contributed by atoms with E-state index in [9.17, 15) is 0 Å². The number of rotatable bonds is 3. The lowest BCUT2D eigenvalue weighted by atomic mass is 9.69. The van der Waals surface area contributed by atoms with E-state index < -0.39 is 0 Å². The van der Waals surface area contributed by atoms with Crippen LogP contribution in [0.2, 0.25) is 0 Å². The first-order chi connectivity index (χ1) is 13.8. The number of nitrogen functional groups attached to an aromatic ring is 1. The Morgan fingerprint density at radius 1 is 0.893 bits per heavy atom. The second-order valence-electron chi connectivity index (χ2n) is 7.35. The van der Waals surface area contributed by atoms with E-state index in [-0.39, 0.29) is 5.41 Å². The fraction of sp³-hybridized carbons (Fsp3) is 0.217. The quantitative estimate of drug-likeness (QED) is 0.564. The Morgan fingerprint density at radius 3 is 2.36 bits per heavy atom. The van der Waals surface area contributed by atoms with Crippen LogP contribution in [-0.4, -0.2) is 28.2 Å². The average Bonchev–Trinajstić information content (AvgIpc) is 3.20. The third-order valence-corrected chi connectivity index (χ3v) is 5.89. The summed E-state index contributed by atoms with van der Waals surface area (Å²) in [5, 5.41) is 1.29. The van der Waals surface area contributed by atoms with Gasteiger partial charge >= 0.3 is 0 Å². The predicted octanol–water partition coefficient (Wildman–Crippen LogP) is 4.30. The largest absolute Gasteiger partial charge is 0.381 e. The molecule has 0 spiro atoms. The first-order valence-electron chi connectivity index (χ1n) is 9.59. The summed E-state index contributed by atoms with van der Waals surface area (Å²) in [5.74, 6) is 0.292. The van der Waals surface area contributed by atoms with E-state index in [0.29, 0.717) is 5.95 Å². The Labute approximate surface area is 163 Å². The maximum Gasteiger partial charge on any atom is 0.219 e. The molecule has 0 atom stereocenters. The SMILES string of the molecule is Nc1ncc(-c2ccc(C3(c4c[nH]c5ccccc45)CCOCC3)cc2)cn1. The van der Waals surface area contributed by atoms with Crippen LogP contribution in [0.3, 0.4) is 0 Å². The fourth-order valence-corrected chi connectivity index (χ4v) is 4.37. The highest BCUT2D eigenvalue weighted by molar-refractivity contribution is 5.85. The normalized spacial score (nSPS) is 16.3. The van der Waals surface area contributed by atoms with E-state index in [0.717, 1.165) is 37.2 Å². The first kappa shape index (κ1) is 17.0. The molecular weight excluding hydrogens is 348 g/mol. The Hall–Kier alpha value is -3.18. The maximum atomic E-state index is 5.72. The summed E-state index contributed by atoms with van der Waals surface area (Å²) >= 11 is 0. The molecule has 0 aliphatic carbocycles. The van der Waals surface area contributed by atoms with E-state index in [1.807, 2.05) is 0 Å². The van der Waals surface area contributed by atoms with Gasteiger partial charge < -0.3 is 15.5 Å². The molecular formula is C23H22N4O. The van der Waals surface area contributed by atoms with Crippen molar-refractivity contribution in [2.24, 2.45) is 0 Å². The number of hydrogen-bond donors (Lipinski definition) is 2. The van der Waals surface area contributed by atoms with Crippen LogP contribution < -0.4 is 5.73 Å². The summed E-state index contributed by atoms with van der Waals surface area (Å²) in [5.41, 5.74) is 11.5. The van der Waals surface area contributed by atoms with Crippen LogP contribution in [0.15, 0.2) is 67.1 Å². The minimum Gasteiger partial charge on any atom is -0.381 e. The van der Waals surface area contributed by atoms with E-state index >= 15 is 0 Å². The lowest BCUT2D eigenvalue weighted by Gasteiger charge is -2.38. The molecule has 1 aliphatic heterocycles. The van der Waals surface area contributed by atoms with Gasteiger partial charge in [0.05, 0.1) is 0 Å². The van der Waals surface area contributed by atoms with E-state index in [1.54, 1.807) is 12.4 Å². The number of hydrogen-bond acceptors (Lipinski definition) is 4. The van der Waals surface area contributed by atoms with Crippen LogP contribution in [0.5, 0.6) is 0 Å². The van der Waals surface area contributed by atoms with Crippen LogP contribution in [0.25, 0.3) is 22.0 Å². The summed E-state index contributed by atoms with van der Waals surface area (Å²) in [4.78, 5) is 11.7. The average molecular weight is 370 g/mol. The molecule has 3 heterocycles. The van der Waals surface area contributed by atoms with Crippen molar-refractivity contribution in [1.29, 1.82) is 0 Å². The summed E-state index contributed by atoms with van der Waals surface area (Å²) in [6.45, 7) is 1.54. The van der Waals surface area contributed by atoms with Gasteiger partial charge in [-0.1, -0.05) is 42.5 Å². The van der Waals surface area contributed by atoms with E-state index in [2.05, 4.69) is 69.7 Å². The van der Waals surface area contributed by atoms with Gasteiger partial charge in [-0.15, -0.1) is 0 Å². The first-order valence-corrected chi connectivity index (χ1v) is 9.59. The van der Waals surface area contributed by atoms with E-state index in [1.165, 1.54) is 22.0 Å². The lowest BCUT2D eigenvalue weighted by Crippen LogP contribution is -2.34. The molecule has 5 nitrogen and oxygen atoms in total. The summed E-state index contributed by atoms with van der Waals surface area (Å²) in [7, 11) is 0. The van der Waals surface area contributed by atoms with Crippen molar-refractivity contribution in [3.8, 4) is 11.1 Å². The highest BCUT2D eigenvalue weighted by Gasteiger charge is 2.38. The van der Waals surface area contributed by atoms with Gasteiger partial charge in [0.15, 0.2) is 0 Å². The molecule has 28 heavy (non-hydrogen) atoms. The number of anilines is 1. The molecule has 0 bridgehead atoms. The van der Waals surface area contributed by atoms with Gasteiger partial charge in [-0.2, -0.15) is 0 Å². The number of aromatic amines is 1. The number of ether oxygens (including phenoxy) is 1. The van der Waals surface area contributed by atoms with Crippen LogP contribution in [0, 0.1) is 0 Å². The third kappa shape index (κ3) is 2.75. The molecule has 1 aliphatic rings. The standard InChI is InChI=1S/C23H22N4O/c24-22-26-13-17(14-27-22)16-5-7-18(8-6-16)23(9-11-28-12-10-23)20-15-25-21-4-2-1-3-19(20)21/h1-8,13-15,25H,9-12H2,(H2,24,26,27). The number of para-hydroxylation sites is 1. The van der Waals surface area contributed by atoms with Gasteiger partial charge in [-0.05, 0) is 35.6 Å². The monoisotopic (exact) mass is 370 g/mol. The number of nitrogens with zero attached hydrogens (tertiary/aromatic N) is 2. The minimum absolute atomic E-state index is 0.0476. The predicted molar refractivity (Wildman–Crippen MR) is 111 cm³/mol. The molecule has 2 aromatic heterocycles. The van der Waals surface area contributed by atoms with E-state index in [4.69, 9.17) is 10.5 Å². The van der Waals surface area contributed by atoms with Crippen LogP contribution >= 0.6 is 0 Å². The zero-order chi connectivity index (χ0) is 19.0. The molecule has 5 heteroatoms. The van der Waals surface area contributed by atoms with Crippen LogP contribution in [0.4, 0.5) is 5.95 Å². The lowest BCUT2D eigenvalue weighted by molar-refractivity contribution is 0.0635. The number of benzene rings is 2. The molecule has 4 aromatic rings. The molecule has 0 saturated carbocycles. The number of aromatic nitrogens is 3. The number of H-pyrrole nitrogens is 1. The van der Waals surface area contributed by atoms with Crippen molar-refractivity contribution in [3.05, 3.63) is 78.2 Å². The Morgan fingerprint density at radius 2 is 1.61 bits per heavy atom. The zero-order valence-electron chi connectivity index (χ0n) is 15.6. The van der Waals surface area contributed by atoms with Crippen LogP contribution in [0.1, 0.15) is 24.0 Å². The summed E-state index contributed by atoms with van der Waals surface area (Å²) in [6.07, 6.45) is 7.65. The van der Waals surface area contributed by atoms with Gasteiger partial charge in [0.1, 0.15) is 0 Å². The number of nitrogens with two attached hydrogens (primary N) is 1. The Kier molecular flexibility index (Phi) is 4.10. The smallest absolute Gasteiger partial charge is 0.219 e. The number of nitrogens with one attached hydrogen (secondary N) is 1. The molecule has 1 fully saturated rings. The summed E-state index contributed by atoms with van der Waals surface area (Å²) in [6, 6.07) is 17.3. The minimum atomic E-state index is -0.0476. The van der Waals surface area contributed by atoms with Crippen molar-refractivity contribution in [2.75, 3.05) is 18.9 Å². The molecule has 0 amide bonds. The second kappa shape index (κ2) is 6.77. The fourth-order valence-electron chi connectivity index (χ4n) is 4.37. The van der Waals surface area contributed by atoms with Crippen molar-refractivity contribution < 1.29 is 4.74 Å². The summed E-state index contributed by atoms with van der Waals surface area (Å²) < 4.78 is 5.72. The molecule has 5 rings (SSSR count).